The van der Waals surface area contributed by atoms with E-state index in [1.807, 2.05) is 31.2 Å². The standard InChI is InChI=1S/C19H26N6O3S/c1-3-28-16-11-7-6-10-15(16)25-19(22-23-24-25)29-12-17(26)21-18(27)20-14-9-5-4-8-13(14)2/h6-7,10-11,13-14H,3-5,8-9,12H2,1-2H3,(H2,20,21,26,27). The van der Waals surface area contributed by atoms with Crippen LogP contribution < -0.4 is 15.4 Å². The summed E-state index contributed by atoms with van der Waals surface area (Å²) >= 11 is 1.15. The molecule has 2 atom stereocenters. The fourth-order valence-electron chi connectivity index (χ4n) is 3.36. The molecule has 0 spiro atoms. The van der Waals surface area contributed by atoms with Crippen molar-refractivity contribution in [3.05, 3.63) is 24.3 Å². The second-order valence-electron chi connectivity index (χ2n) is 6.95. The molecule has 0 saturated heterocycles. The van der Waals surface area contributed by atoms with Crippen LogP contribution in [0.3, 0.4) is 0 Å². The molecule has 29 heavy (non-hydrogen) atoms. The summed E-state index contributed by atoms with van der Waals surface area (Å²) in [5.74, 6) is 0.692. The number of carbonyl (C=O) groups is 2. The van der Waals surface area contributed by atoms with E-state index in [2.05, 4.69) is 33.1 Å². The van der Waals surface area contributed by atoms with E-state index in [4.69, 9.17) is 4.74 Å². The summed E-state index contributed by atoms with van der Waals surface area (Å²) in [6, 6.07) is 7.06. The Labute approximate surface area is 174 Å². The Balaban J connectivity index is 1.55. The number of tetrazole rings is 1. The first-order chi connectivity index (χ1) is 14.1. The van der Waals surface area contributed by atoms with Crippen LogP contribution in [0.4, 0.5) is 4.79 Å². The first kappa shape index (κ1) is 21.1. The molecular formula is C19H26N6O3S. The number of urea groups is 1. The molecular weight excluding hydrogens is 392 g/mol. The van der Waals surface area contributed by atoms with E-state index in [1.165, 1.54) is 11.1 Å². The third-order valence-electron chi connectivity index (χ3n) is 4.85. The van der Waals surface area contributed by atoms with Gasteiger partial charge in [0.15, 0.2) is 0 Å². The number of carbonyl (C=O) groups excluding carboxylic acids is 2. The molecule has 1 heterocycles. The summed E-state index contributed by atoms with van der Waals surface area (Å²) in [4.78, 5) is 24.3. The highest BCUT2D eigenvalue weighted by Crippen LogP contribution is 2.26. The monoisotopic (exact) mass is 418 g/mol. The SMILES string of the molecule is CCOc1ccccc1-n1nnnc1SCC(=O)NC(=O)NC1CCCCC1C. The number of benzene rings is 1. The highest BCUT2D eigenvalue weighted by molar-refractivity contribution is 7.99. The largest absolute Gasteiger partial charge is 0.492 e. The zero-order chi connectivity index (χ0) is 20.6. The van der Waals surface area contributed by atoms with Gasteiger partial charge in [0.2, 0.25) is 11.1 Å². The number of aromatic nitrogens is 4. The predicted molar refractivity (Wildman–Crippen MR) is 109 cm³/mol. The molecule has 0 bridgehead atoms. The maximum Gasteiger partial charge on any atom is 0.321 e. The maximum atomic E-state index is 12.2. The number of thioether (sulfide) groups is 1. The Morgan fingerprint density at radius 1 is 1.28 bits per heavy atom. The molecule has 1 aromatic heterocycles. The van der Waals surface area contributed by atoms with Gasteiger partial charge in [-0.05, 0) is 48.2 Å². The van der Waals surface area contributed by atoms with Gasteiger partial charge in [-0.3, -0.25) is 10.1 Å². The van der Waals surface area contributed by atoms with E-state index in [1.54, 1.807) is 0 Å². The Morgan fingerprint density at radius 3 is 2.86 bits per heavy atom. The second kappa shape index (κ2) is 10.2. The summed E-state index contributed by atoms with van der Waals surface area (Å²) in [6.45, 7) is 4.54. The van der Waals surface area contributed by atoms with E-state index >= 15 is 0 Å². The molecule has 2 N–H and O–H groups in total. The molecule has 10 heteroatoms. The molecule has 1 fully saturated rings. The van der Waals surface area contributed by atoms with Crippen molar-refractivity contribution in [2.24, 2.45) is 5.92 Å². The van der Waals surface area contributed by atoms with Crippen molar-refractivity contribution in [1.29, 1.82) is 0 Å². The summed E-state index contributed by atoms with van der Waals surface area (Å²) in [6.07, 6.45) is 4.34. The zero-order valence-electron chi connectivity index (χ0n) is 16.6. The van der Waals surface area contributed by atoms with Crippen molar-refractivity contribution in [3.8, 4) is 11.4 Å². The van der Waals surface area contributed by atoms with Gasteiger partial charge in [0, 0.05) is 6.04 Å². The number of rotatable bonds is 7. The van der Waals surface area contributed by atoms with Gasteiger partial charge in [-0.15, -0.1) is 5.10 Å². The van der Waals surface area contributed by atoms with Gasteiger partial charge in [-0.1, -0.05) is 43.7 Å². The Kier molecular flexibility index (Phi) is 7.45. The number of nitrogens with zero attached hydrogens (tertiary/aromatic N) is 4. The summed E-state index contributed by atoms with van der Waals surface area (Å²) < 4.78 is 7.14. The molecule has 156 valence electrons. The van der Waals surface area contributed by atoms with Crippen molar-refractivity contribution < 1.29 is 14.3 Å². The van der Waals surface area contributed by atoms with Crippen molar-refractivity contribution in [3.63, 3.8) is 0 Å². The second-order valence-corrected chi connectivity index (χ2v) is 7.90. The van der Waals surface area contributed by atoms with Crippen LogP contribution in [-0.2, 0) is 4.79 Å². The van der Waals surface area contributed by atoms with E-state index < -0.39 is 11.9 Å². The highest BCUT2D eigenvalue weighted by atomic mass is 32.2. The fourth-order valence-corrected chi connectivity index (χ4v) is 4.04. The summed E-state index contributed by atoms with van der Waals surface area (Å²) in [5, 5.41) is 17.4. The summed E-state index contributed by atoms with van der Waals surface area (Å²) in [5.41, 5.74) is 0.686. The molecule has 2 aromatic rings. The van der Waals surface area contributed by atoms with Crippen LogP contribution in [0.5, 0.6) is 5.75 Å². The topological polar surface area (TPSA) is 111 Å². The van der Waals surface area contributed by atoms with Crippen LogP contribution in [0.1, 0.15) is 39.5 Å². The van der Waals surface area contributed by atoms with Gasteiger partial charge in [0.05, 0.1) is 12.4 Å². The molecule has 1 aliphatic carbocycles. The lowest BCUT2D eigenvalue weighted by Crippen LogP contribution is -2.48. The number of para-hydroxylation sites is 2. The number of nitrogens with one attached hydrogen (secondary N) is 2. The van der Waals surface area contributed by atoms with Crippen LogP contribution in [-0.4, -0.2) is 50.5 Å². The smallest absolute Gasteiger partial charge is 0.321 e. The molecule has 0 radical (unpaired) electrons. The average Bonchev–Trinajstić information content (AvgIpc) is 3.17. The number of amides is 3. The van der Waals surface area contributed by atoms with Crippen LogP contribution in [0, 0.1) is 5.92 Å². The predicted octanol–water partition coefficient (Wildman–Crippen LogP) is 2.56. The van der Waals surface area contributed by atoms with Crippen LogP contribution in [0.25, 0.3) is 5.69 Å². The third kappa shape index (κ3) is 5.69. The van der Waals surface area contributed by atoms with E-state index in [9.17, 15) is 9.59 Å². The molecule has 3 amide bonds. The fraction of sp³-hybridized carbons (Fsp3) is 0.526. The number of hydrogen-bond donors (Lipinski definition) is 2. The number of ether oxygens (including phenoxy) is 1. The van der Waals surface area contributed by atoms with Crippen LogP contribution >= 0.6 is 11.8 Å². The minimum atomic E-state index is -0.448. The van der Waals surface area contributed by atoms with Gasteiger partial charge < -0.3 is 10.1 Å². The Hall–Kier alpha value is -2.62. The maximum absolute atomic E-state index is 12.2. The molecule has 1 saturated carbocycles. The van der Waals surface area contributed by atoms with Crippen LogP contribution in [0.2, 0.25) is 0 Å². The number of hydrogen-bond acceptors (Lipinski definition) is 7. The molecule has 2 unspecified atom stereocenters. The van der Waals surface area contributed by atoms with Crippen molar-refractivity contribution in [1.82, 2.24) is 30.8 Å². The lowest BCUT2D eigenvalue weighted by atomic mass is 9.86. The van der Waals surface area contributed by atoms with E-state index in [0.29, 0.717) is 29.1 Å². The van der Waals surface area contributed by atoms with Gasteiger partial charge in [0.25, 0.3) is 0 Å². The first-order valence-electron chi connectivity index (χ1n) is 9.82. The lowest BCUT2D eigenvalue weighted by molar-refractivity contribution is -0.117. The molecule has 1 aliphatic rings. The minimum Gasteiger partial charge on any atom is -0.492 e. The Morgan fingerprint density at radius 2 is 2.07 bits per heavy atom. The van der Waals surface area contributed by atoms with Crippen molar-refractivity contribution >= 4 is 23.7 Å². The highest BCUT2D eigenvalue weighted by Gasteiger charge is 2.23. The van der Waals surface area contributed by atoms with Gasteiger partial charge in [-0.25, -0.2) is 4.79 Å². The van der Waals surface area contributed by atoms with Crippen molar-refractivity contribution in [2.45, 2.75) is 50.7 Å². The summed E-state index contributed by atoms with van der Waals surface area (Å²) in [7, 11) is 0. The minimum absolute atomic E-state index is 0.0187. The molecule has 9 nitrogen and oxygen atoms in total. The van der Waals surface area contributed by atoms with E-state index in [-0.39, 0.29) is 11.8 Å². The van der Waals surface area contributed by atoms with Crippen LogP contribution in [0.15, 0.2) is 29.4 Å². The molecule has 1 aromatic carbocycles. The van der Waals surface area contributed by atoms with E-state index in [0.717, 1.165) is 31.0 Å². The number of imide groups is 1. The van der Waals surface area contributed by atoms with Crippen molar-refractivity contribution in [2.75, 3.05) is 12.4 Å². The van der Waals surface area contributed by atoms with Gasteiger partial charge in [0.1, 0.15) is 11.4 Å². The normalized spacial score (nSPS) is 18.8. The Bertz CT molecular complexity index is 843. The molecule has 3 rings (SSSR count). The third-order valence-corrected chi connectivity index (χ3v) is 5.77. The average molecular weight is 419 g/mol. The quantitative estimate of drug-likeness (QED) is 0.665. The van der Waals surface area contributed by atoms with Gasteiger partial charge in [-0.2, -0.15) is 4.68 Å². The zero-order valence-corrected chi connectivity index (χ0v) is 17.4. The lowest BCUT2D eigenvalue weighted by Gasteiger charge is -2.29. The van der Waals surface area contributed by atoms with Gasteiger partial charge >= 0.3 is 6.03 Å². The first-order valence-corrected chi connectivity index (χ1v) is 10.8. The molecule has 0 aliphatic heterocycles.